The minimum absolute atomic E-state index is 0. The van der Waals surface area contributed by atoms with Crippen molar-refractivity contribution in [1.82, 2.24) is 9.97 Å². The van der Waals surface area contributed by atoms with E-state index in [-0.39, 0.29) is 12.4 Å². The molecule has 0 aromatic carbocycles. The Hall–Kier alpha value is -0.700. The van der Waals surface area contributed by atoms with Crippen LogP contribution in [0.5, 0.6) is 0 Å². The minimum Gasteiger partial charge on any atom is -0.359 e. The predicted octanol–water partition coefficient (Wildman–Crippen LogP) is 0.873. The van der Waals surface area contributed by atoms with Gasteiger partial charge >= 0.3 is 0 Å². The molecule has 0 amide bonds. The number of H-pyrrole nitrogens is 1. The van der Waals surface area contributed by atoms with Gasteiger partial charge in [-0.25, -0.2) is 4.98 Å². The maximum absolute atomic E-state index is 3.87. The Bertz CT molecular complexity index is 126. The first-order valence-electron chi connectivity index (χ1n) is 2.10. The van der Waals surface area contributed by atoms with Crippen LogP contribution < -0.4 is 5.32 Å². The number of nitrogens with one attached hydrogen (secondary N) is 2. The number of halogens is 1. The summed E-state index contributed by atoms with van der Waals surface area (Å²) in [6.45, 7) is 0. The summed E-state index contributed by atoms with van der Waals surface area (Å²) < 4.78 is 0. The number of hydrogen-bond donors (Lipinski definition) is 2. The summed E-state index contributed by atoms with van der Waals surface area (Å²) in [4.78, 5) is 6.73. The zero-order valence-corrected chi connectivity index (χ0v) is 5.33. The Morgan fingerprint density at radius 2 is 2.50 bits per heavy atom. The van der Waals surface area contributed by atoms with Crippen molar-refractivity contribution in [1.29, 1.82) is 0 Å². The Labute approximate surface area is 53.9 Å². The average Bonchev–Trinajstić information content (AvgIpc) is 2.14. The van der Waals surface area contributed by atoms with E-state index in [1.54, 1.807) is 12.4 Å². The molecule has 1 rings (SSSR count). The molecule has 46 valence electrons. The van der Waals surface area contributed by atoms with Crippen molar-refractivity contribution in [3.8, 4) is 0 Å². The molecule has 0 fully saturated rings. The largest absolute Gasteiger partial charge is 0.359 e. The SMILES string of the molecule is CNc1ncc[nH]1.Cl. The summed E-state index contributed by atoms with van der Waals surface area (Å²) >= 11 is 0. The van der Waals surface area contributed by atoms with Crippen molar-refractivity contribution in [2.45, 2.75) is 0 Å². The molecule has 0 saturated heterocycles. The summed E-state index contributed by atoms with van der Waals surface area (Å²) in [5.41, 5.74) is 0. The van der Waals surface area contributed by atoms with Crippen molar-refractivity contribution < 1.29 is 0 Å². The molecule has 4 heteroatoms. The van der Waals surface area contributed by atoms with E-state index in [1.165, 1.54) is 0 Å². The van der Waals surface area contributed by atoms with Crippen LogP contribution in [0.3, 0.4) is 0 Å². The lowest BCUT2D eigenvalue weighted by molar-refractivity contribution is 1.26. The summed E-state index contributed by atoms with van der Waals surface area (Å²) in [6, 6.07) is 0. The zero-order valence-electron chi connectivity index (χ0n) is 4.51. The molecule has 0 aliphatic heterocycles. The van der Waals surface area contributed by atoms with Crippen LogP contribution in [0.25, 0.3) is 0 Å². The van der Waals surface area contributed by atoms with Crippen molar-refractivity contribution in [2.75, 3.05) is 12.4 Å². The van der Waals surface area contributed by atoms with Gasteiger partial charge < -0.3 is 10.3 Å². The van der Waals surface area contributed by atoms with Gasteiger partial charge in [-0.3, -0.25) is 0 Å². The quantitative estimate of drug-likeness (QED) is 0.597. The van der Waals surface area contributed by atoms with Gasteiger partial charge in [0.15, 0.2) is 5.95 Å². The fraction of sp³-hybridized carbons (Fsp3) is 0.250. The second-order valence-corrected chi connectivity index (χ2v) is 1.19. The van der Waals surface area contributed by atoms with E-state index in [1.807, 2.05) is 7.05 Å². The molecule has 0 unspecified atom stereocenters. The van der Waals surface area contributed by atoms with Crippen LogP contribution in [-0.2, 0) is 0 Å². The van der Waals surface area contributed by atoms with Crippen molar-refractivity contribution >= 4 is 18.4 Å². The zero-order chi connectivity index (χ0) is 5.11. The molecule has 0 saturated carbocycles. The van der Waals surface area contributed by atoms with Gasteiger partial charge in [0.1, 0.15) is 0 Å². The fourth-order valence-electron chi connectivity index (χ4n) is 0.402. The van der Waals surface area contributed by atoms with Crippen molar-refractivity contribution in [3.05, 3.63) is 12.4 Å². The molecule has 0 spiro atoms. The van der Waals surface area contributed by atoms with Crippen molar-refractivity contribution in [3.63, 3.8) is 0 Å². The van der Waals surface area contributed by atoms with Gasteiger partial charge in [0.05, 0.1) is 0 Å². The van der Waals surface area contributed by atoms with Gasteiger partial charge in [-0.2, -0.15) is 0 Å². The highest BCUT2D eigenvalue weighted by Crippen LogP contribution is 1.89. The summed E-state index contributed by atoms with van der Waals surface area (Å²) in [7, 11) is 1.82. The van der Waals surface area contributed by atoms with E-state index in [0.29, 0.717) is 0 Å². The second kappa shape index (κ2) is 3.32. The first-order valence-corrected chi connectivity index (χ1v) is 2.10. The van der Waals surface area contributed by atoms with E-state index < -0.39 is 0 Å². The number of anilines is 1. The lowest BCUT2D eigenvalue weighted by Gasteiger charge is -1.85. The number of imidazole rings is 1. The molecule has 1 aromatic heterocycles. The maximum atomic E-state index is 3.87. The molecule has 8 heavy (non-hydrogen) atoms. The molecule has 0 atom stereocenters. The highest BCUT2D eigenvalue weighted by atomic mass is 35.5. The summed E-state index contributed by atoms with van der Waals surface area (Å²) in [5, 5.41) is 2.84. The normalized spacial score (nSPS) is 7.62. The predicted molar refractivity (Wildman–Crippen MR) is 35.4 cm³/mol. The second-order valence-electron chi connectivity index (χ2n) is 1.19. The Morgan fingerprint density at radius 1 is 1.75 bits per heavy atom. The number of hydrogen-bond acceptors (Lipinski definition) is 2. The molecule has 0 radical (unpaired) electrons. The minimum atomic E-state index is 0. The standard InChI is InChI=1S/C4H7N3.ClH/c1-5-4-6-2-3-7-4;/h2-3H,1H3,(H2,5,6,7);1H. The number of rotatable bonds is 1. The van der Waals surface area contributed by atoms with Gasteiger partial charge in [-0.1, -0.05) is 0 Å². The Kier molecular flexibility index (Phi) is 3.03. The van der Waals surface area contributed by atoms with Crippen molar-refractivity contribution in [2.24, 2.45) is 0 Å². The summed E-state index contributed by atoms with van der Waals surface area (Å²) in [5.74, 6) is 0.806. The van der Waals surface area contributed by atoms with Crippen LogP contribution in [0.1, 0.15) is 0 Å². The molecule has 1 aromatic rings. The van der Waals surface area contributed by atoms with Gasteiger partial charge in [0.25, 0.3) is 0 Å². The van der Waals surface area contributed by atoms with Crippen LogP contribution in [0.15, 0.2) is 12.4 Å². The Balaban J connectivity index is 0.000000490. The van der Waals surface area contributed by atoms with E-state index in [9.17, 15) is 0 Å². The van der Waals surface area contributed by atoms with E-state index in [4.69, 9.17) is 0 Å². The lowest BCUT2D eigenvalue weighted by atomic mass is 11.0. The summed E-state index contributed by atoms with van der Waals surface area (Å²) in [6.07, 6.45) is 3.47. The van der Waals surface area contributed by atoms with Crippen LogP contribution in [0.2, 0.25) is 0 Å². The first kappa shape index (κ1) is 7.30. The van der Waals surface area contributed by atoms with E-state index >= 15 is 0 Å². The topological polar surface area (TPSA) is 40.7 Å². The fourth-order valence-corrected chi connectivity index (χ4v) is 0.402. The molecule has 0 aliphatic carbocycles. The highest BCUT2D eigenvalue weighted by Gasteiger charge is 1.80. The molecule has 0 bridgehead atoms. The third kappa shape index (κ3) is 1.42. The maximum Gasteiger partial charge on any atom is 0.199 e. The van der Waals surface area contributed by atoms with E-state index in [2.05, 4.69) is 15.3 Å². The Morgan fingerprint density at radius 3 is 2.75 bits per heavy atom. The lowest BCUT2D eigenvalue weighted by Crippen LogP contribution is -1.87. The molecule has 0 aliphatic rings. The molecule has 3 nitrogen and oxygen atoms in total. The molecule has 2 N–H and O–H groups in total. The van der Waals surface area contributed by atoms with Gasteiger partial charge in [-0.05, 0) is 0 Å². The molecular formula is C4H8ClN3. The third-order valence-electron chi connectivity index (χ3n) is 0.735. The first-order chi connectivity index (χ1) is 3.43. The van der Waals surface area contributed by atoms with Crippen LogP contribution in [0, 0.1) is 0 Å². The smallest absolute Gasteiger partial charge is 0.199 e. The number of nitrogens with zero attached hydrogens (tertiary/aromatic N) is 1. The molecule has 1 heterocycles. The van der Waals surface area contributed by atoms with Crippen LogP contribution in [-0.4, -0.2) is 17.0 Å². The third-order valence-corrected chi connectivity index (χ3v) is 0.735. The van der Waals surface area contributed by atoms with E-state index in [0.717, 1.165) is 5.95 Å². The average molecular weight is 134 g/mol. The van der Waals surface area contributed by atoms with Gasteiger partial charge in [-0.15, -0.1) is 12.4 Å². The van der Waals surface area contributed by atoms with Gasteiger partial charge in [0.2, 0.25) is 0 Å². The highest BCUT2D eigenvalue weighted by molar-refractivity contribution is 5.85. The van der Waals surface area contributed by atoms with Crippen LogP contribution in [0.4, 0.5) is 5.95 Å². The van der Waals surface area contributed by atoms with Gasteiger partial charge in [0, 0.05) is 19.4 Å². The number of aromatic nitrogens is 2. The van der Waals surface area contributed by atoms with Crippen LogP contribution >= 0.6 is 12.4 Å². The number of aromatic amines is 1. The monoisotopic (exact) mass is 133 g/mol. The molecular weight excluding hydrogens is 126 g/mol.